The average molecular weight is 217 g/mol. The van der Waals surface area contributed by atoms with Crippen LogP contribution in [0.4, 0.5) is 5.69 Å². The molecule has 0 atom stereocenters. The zero-order valence-electron chi connectivity index (χ0n) is 9.31. The van der Waals surface area contributed by atoms with Crippen LogP contribution in [0.2, 0.25) is 0 Å². The number of amides is 1. The second kappa shape index (κ2) is 4.39. The highest BCUT2D eigenvalue weighted by molar-refractivity contribution is 6.03. The molecule has 0 aliphatic carbocycles. The van der Waals surface area contributed by atoms with Crippen molar-refractivity contribution in [2.45, 2.75) is 19.8 Å². The molecule has 1 aromatic rings. The second-order valence-corrected chi connectivity index (χ2v) is 3.88. The number of anilines is 1. The highest BCUT2D eigenvalue weighted by Gasteiger charge is 2.23. The van der Waals surface area contributed by atoms with E-state index in [9.17, 15) is 9.90 Å². The monoisotopic (exact) mass is 217 g/mol. The highest BCUT2D eigenvalue weighted by Crippen LogP contribution is 2.35. The van der Waals surface area contributed by atoms with Crippen molar-refractivity contribution >= 4 is 11.6 Å². The van der Waals surface area contributed by atoms with Gasteiger partial charge in [-0.2, -0.15) is 0 Å². The maximum Gasteiger partial charge on any atom is 0.250 e. The molecule has 1 heterocycles. The predicted octanol–water partition coefficient (Wildman–Crippen LogP) is 2.25. The fourth-order valence-corrected chi connectivity index (χ4v) is 2.08. The van der Waals surface area contributed by atoms with Crippen LogP contribution in [-0.4, -0.2) is 17.6 Å². The molecule has 3 nitrogen and oxygen atoms in total. The Bertz CT molecular complexity index is 438. The molecule has 0 fully saturated rings. The minimum atomic E-state index is -0.0649. The SMILES string of the molecule is C/C=C/C(=O)N1CCCc2cccc(O)c21. The van der Waals surface area contributed by atoms with E-state index in [0.29, 0.717) is 12.2 Å². The third kappa shape index (κ3) is 1.81. The Labute approximate surface area is 95.0 Å². The van der Waals surface area contributed by atoms with Crippen LogP contribution in [0.3, 0.4) is 0 Å². The van der Waals surface area contributed by atoms with Gasteiger partial charge in [0.15, 0.2) is 0 Å². The number of allylic oxidation sites excluding steroid dienone is 1. The molecular weight excluding hydrogens is 202 g/mol. The first-order valence-corrected chi connectivity index (χ1v) is 5.49. The maximum absolute atomic E-state index is 11.8. The molecule has 0 unspecified atom stereocenters. The number of fused-ring (bicyclic) bond motifs is 1. The minimum absolute atomic E-state index is 0.0649. The van der Waals surface area contributed by atoms with Crippen molar-refractivity contribution in [2.24, 2.45) is 0 Å². The lowest BCUT2D eigenvalue weighted by Gasteiger charge is -2.29. The number of rotatable bonds is 1. The van der Waals surface area contributed by atoms with Gasteiger partial charge in [-0.15, -0.1) is 0 Å². The van der Waals surface area contributed by atoms with Gasteiger partial charge in [0.05, 0.1) is 5.69 Å². The van der Waals surface area contributed by atoms with Crippen LogP contribution in [0, 0.1) is 0 Å². The van der Waals surface area contributed by atoms with Crippen molar-refractivity contribution < 1.29 is 9.90 Å². The quantitative estimate of drug-likeness (QED) is 0.733. The van der Waals surface area contributed by atoms with Gasteiger partial charge in [-0.05, 0) is 37.5 Å². The Morgan fingerprint density at radius 3 is 3.06 bits per heavy atom. The summed E-state index contributed by atoms with van der Waals surface area (Å²) in [6.45, 7) is 2.49. The fourth-order valence-electron chi connectivity index (χ4n) is 2.08. The molecule has 1 amide bonds. The van der Waals surface area contributed by atoms with Crippen LogP contribution >= 0.6 is 0 Å². The number of carbonyl (C=O) groups excluding carboxylic acids is 1. The smallest absolute Gasteiger partial charge is 0.250 e. The van der Waals surface area contributed by atoms with Gasteiger partial charge >= 0.3 is 0 Å². The fraction of sp³-hybridized carbons (Fsp3) is 0.308. The Hall–Kier alpha value is -1.77. The number of aromatic hydroxyl groups is 1. The van der Waals surface area contributed by atoms with Gasteiger partial charge in [-0.25, -0.2) is 0 Å². The number of carbonyl (C=O) groups is 1. The van der Waals surface area contributed by atoms with Gasteiger partial charge in [0.1, 0.15) is 5.75 Å². The van der Waals surface area contributed by atoms with Gasteiger partial charge in [-0.3, -0.25) is 4.79 Å². The van der Waals surface area contributed by atoms with E-state index in [1.807, 2.05) is 19.1 Å². The first kappa shape index (κ1) is 10.7. The minimum Gasteiger partial charge on any atom is -0.506 e. The molecule has 0 bridgehead atoms. The van der Waals surface area contributed by atoms with Crippen molar-refractivity contribution in [1.29, 1.82) is 0 Å². The third-order valence-corrected chi connectivity index (χ3v) is 2.77. The Morgan fingerprint density at radius 1 is 1.50 bits per heavy atom. The van der Waals surface area contributed by atoms with Crippen molar-refractivity contribution in [3.8, 4) is 5.75 Å². The molecule has 2 rings (SSSR count). The molecule has 0 saturated carbocycles. The van der Waals surface area contributed by atoms with E-state index < -0.39 is 0 Å². The summed E-state index contributed by atoms with van der Waals surface area (Å²) < 4.78 is 0. The number of para-hydroxylation sites is 1. The predicted molar refractivity (Wildman–Crippen MR) is 63.6 cm³/mol. The van der Waals surface area contributed by atoms with Crippen LogP contribution in [0.25, 0.3) is 0 Å². The number of hydrogen-bond donors (Lipinski definition) is 1. The van der Waals surface area contributed by atoms with Gasteiger partial charge < -0.3 is 10.0 Å². The van der Waals surface area contributed by atoms with E-state index in [-0.39, 0.29) is 11.7 Å². The summed E-state index contributed by atoms with van der Waals surface area (Å²) in [5.41, 5.74) is 1.72. The topological polar surface area (TPSA) is 40.5 Å². The molecule has 1 aliphatic rings. The molecule has 0 aromatic heterocycles. The lowest BCUT2D eigenvalue weighted by Crippen LogP contribution is -2.34. The normalized spacial score (nSPS) is 15.2. The first-order chi connectivity index (χ1) is 7.74. The number of benzene rings is 1. The molecule has 0 saturated heterocycles. The molecule has 16 heavy (non-hydrogen) atoms. The van der Waals surface area contributed by atoms with Crippen molar-refractivity contribution in [3.05, 3.63) is 35.9 Å². The number of phenols is 1. The summed E-state index contributed by atoms with van der Waals surface area (Å²) in [7, 11) is 0. The van der Waals surface area contributed by atoms with Gasteiger partial charge in [0.25, 0.3) is 5.91 Å². The van der Waals surface area contributed by atoms with E-state index in [1.54, 1.807) is 17.0 Å². The molecule has 1 aliphatic heterocycles. The lowest BCUT2D eigenvalue weighted by atomic mass is 10.0. The van der Waals surface area contributed by atoms with Crippen LogP contribution in [-0.2, 0) is 11.2 Å². The second-order valence-electron chi connectivity index (χ2n) is 3.88. The zero-order valence-corrected chi connectivity index (χ0v) is 9.31. The van der Waals surface area contributed by atoms with Crippen LogP contribution in [0.1, 0.15) is 18.9 Å². The van der Waals surface area contributed by atoms with Crippen molar-refractivity contribution in [3.63, 3.8) is 0 Å². The van der Waals surface area contributed by atoms with Crippen LogP contribution in [0.5, 0.6) is 5.75 Å². The molecular formula is C13H15NO2. The van der Waals surface area contributed by atoms with Gasteiger partial charge in [0.2, 0.25) is 0 Å². The van der Waals surface area contributed by atoms with Crippen LogP contribution < -0.4 is 4.90 Å². The summed E-state index contributed by atoms with van der Waals surface area (Å²) in [5, 5.41) is 9.83. The molecule has 3 heteroatoms. The zero-order chi connectivity index (χ0) is 11.5. The molecule has 84 valence electrons. The maximum atomic E-state index is 11.8. The van der Waals surface area contributed by atoms with Crippen molar-refractivity contribution in [1.82, 2.24) is 0 Å². The van der Waals surface area contributed by atoms with Gasteiger partial charge in [-0.1, -0.05) is 18.2 Å². The molecule has 0 spiro atoms. The number of phenolic OH excluding ortho intramolecular Hbond substituents is 1. The number of nitrogens with zero attached hydrogens (tertiary/aromatic N) is 1. The third-order valence-electron chi connectivity index (χ3n) is 2.77. The first-order valence-electron chi connectivity index (χ1n) is 5.49. The van der Waals surface area contributed by atoms with E-state index in [4.69, 9.17) is 0 Å². The number of hydrogen-bond acceptors (Lipinski definition) is 2. The summed E-state index contributed by atoms with van der Waals surface area (Å²) in [5.74, 6) is 0.125. The highest BCUT2D eigenvalue weighted by atomic mass is 16.3. The lowest BCUT2D eigenvalue weighted by molar-refractivity contribution is -0.114. The van der Waals surface area contributed by atoms with E-state index in [1.165, 1.54) is 6.08 Å². The molecule has 0 radical (unpaired) electrons. The Morgan fingerprint density at radius 2 is 2.31 bits per heavy atom. The number of aryl methyl sites for hydroxylation is 1. The summed E-state index contributed by atoms with van der Waals surface area (Å²) in [4.78, 5) is 13.5. The largest absolute Gasteiger partial charge is 0.506 e. The molecule has 1 aromatic carbocycles. The average Bonchev–Trinajstić information content (AvgIpc) is 2.29. The Balaban J connectivity index is 2.43. The summed E-state index contributed by atoms with van der Waals surface area (Å²) in [6.07, 6.45) is 5.11. The van der Waals surface area contributed by atoms with Crippen molar-refractivity contribution in [2.75, 3.05) is 11.4 Å². The van der Waals surface area contributed by atoms with E-state index in [0.717, 1.165) is 18.4 Å². The molecule has 1 N–H and O–H groups in total. The summed E-state index contributed by atoms with van der Waals surface area (Å²) in [6, 6.07) is 5.40. The van der Waals surface area contributed by atoms with Crippen LogP contribution in [0.15, 0.2) is 30.4 Å². The summed E-state index contributed by atoms with van der Waals surface area (Å²) >= 11 is 0. The standard InChI is InChI=1S/C13H15NO2/c1-2-5-12(16)14-9-4-7-10-6-3-8-11(15)13(10)14/h2-3,5-6,8,15H,4,7,9H2,1H3/b5-2+. The Kier molecular flexibility index (Phi) is 2.95. The van der Waals surface area contributed by atoms with E-state index >= 15 is 0 Å². The van der Waals surface area contributed by atoms with E-state index in [2.05, 4.69) is 0 Å². The van der Waals surface area contributed by atoms with Gasteiger partial charge in [0, 0.05) is 6.54 Å².